The van der Waals surface area contributed by atoms with E-state index in [0.29, 0.717) is 23.5 Å². The number of benzene rings is 4. The van der Waals surface area contributed by atoms with Crippen molar-refractivity contribution >= 4 is 67.9 Å². The third kappa shape index (κ3) is 4.75. The summed E-state index contributed by atoms with van der Waals surface area (Å²) in [6.07, 6.45) is 0. The lowest BCUT2D eigenvalue weighted by Crippen LogP contribution is -1.85. The molecule has 0 aliphatic heterocycles. The van der Waals surface area contributed by atoms with Gasteiger partial charge in [0.05, 0.1) is 0 Å². The van der Waals surface area contributed by atoms with E-state index >= 15 is 0 Å². The smallest absolute Gasteiger partial charge is 0.0480 e. The predicted octanol–water partition coefficient (Wildman–Crippen LogP) is 8.63. The van der Waals surface area contributed by atoms with Crippen LogP contribution in [0.15, 0.2) is 72.8 Å². The van der Waals surface area contributed by atoms with Crippen molar-refractivity contribution in [3.63, 3.8) is 0 Å². The summed E-state index contributed by atoms with van der Waals surface area (Å²) in [7, 11) is 0. The average molecular weight is 450 g/mol. The molecule has 0 saturated heterocycles. The Labute approximate surface area is 186 Å². The second-order valence-electron chi connectivity index (χ2n) is 6.44. The van der Waals surface area contributed by atoms with Crippen LogP contribution in [0.4, 0.5) is 0 Å². The maximum Gasteiger partial charge on any atom is 0.0480 e. The van der Waals surface area contributed by atoms with Crippen molar-refractivity contribution in [3.8, 4) is 0 Å². The first kappa shape index (κ1) is 21.3. The number of alkyl halides is 4. The van der Waals surface area contributed by atoms with Crippen LogP contribution in [0.2, 0.25) is 0 Å². The number of rotatable bonds is 4. The lowest BCUT2D eigenvalue weighted by atomic mass is 10.0. The molecule has 0 radical (unpaired) electrons. The van der Waals surface area contributed by atoms with Crippen molar-refractivity contribution in [3.05, 3.63) is 95.1 Å². The molecule has 4 heteroatoms. The molecule has 4 aromatic carbocycles. The molecule has 4 aromatic rings. The van der Waals surface area contributed by atoms with Gasteiger partial charge in [-0.1, -0.05) is 66.7 Å². The maximum atomic E-state index is 5.87. The summed E-state index contributed by atoms with van der Waals surface area (Å²) in [6.45, 7) is 0. The SMILES string of the molecule is ClCc1ccc2c(CCl)cccc2c1.ClCc1cccc2c(CCl)cccc12. The molecule has 4 rings (SSSR count). The van der Waals surface area contributed by atoms with E-state index in [0.717, 1.165) is 16.7 Å². The molecule has 0 amide bonds. The van der Waals surface area contributed by atoms with Crippen LogP contribution < -0.4 is 0 Å². The highest BCUT2D eigenvalue weighted by Crippen LogP contribution is 2.25. The summed E-state index contributed by atoms with van der Waals surface area (Å²) in [4.78, 5) is 0. The largest absolute Gasteiger partial charge is 0.122 e. The Balaban J connectivity index is 0.000000161. The van der Waals surface area contributed by atoms with Gasteiger partial charge >= 0.3 is 0 Å². The first-order valence-corrected chi connectivity index (χ1v) is 11.1. The molecular formula is C24H20Cl4. The van der Waals surface area contributed by atoms with E-state index in [1.54, 1.807) is 0 Å². The highest BCUT2D eigenvalue weighted by atomic mass is 35.5. The fourth-order valence-corrected chi connectivity index (χ4v) is 4.14. The summed E-state index contributed by atoms with van der Waals surface area (Å²) in [6, 6.07) is 24.7. The van der Waals surface area contributed by atoms with Gasteiger partial charge < -0.3 is 0 Å². The van der Waals surface area contributed by atoms with Crippen LogP contribution in [0.25, 0.3) is 21.5 Å². The van der Waals surface area contributed by atoms with E-state index < -0.39 is 0 Å². The van der Waals surface area contributed by atoms with E-state index in [1.165, 1.54) is 27.1 Å². The Morgan fingerprint density at radius 2 is 0.964 bits per heavy atom. The second-order valence-corrected chi connectivity index (χ2v) is 7.51. The average Bonchev–Trinajstić information content (AvgIpc) is 2.77. The fourth-order valence-electron chi connectivity index (χ4n) is 3.27. The van der Waals surface area contributed by atoms with Crippen molar-refractivity contribution in [1.82, 2.24) is 0 Å². The van der Waals surface area contributed by atoms with Crippen molar-refractivity contribution in [2.45, 2.75) is 23.5 Å². The molecular weight excluding hydrogens is 430 g/mol. The van der Waals surface area contributed by atoms with Gasteiger partial charge in [0.15, 0.2) is 0 Å². The van der Waals surface area contributed by atoms with Crippen LogP contribution in [-0.4, -0.2) is 0 Å². The van der Waals surface area contributed by atoms with Gasteiger partial charge in [-0.15, -0.1) is 46.4 Å². The van der Waals surface area contributed by atoms with Crippen LogP contribution >= 0.6 is 46.4 Å². The van der Waals surface area contributed by atoms with Gasteiger partial charge in [0.1, 0.15) is 0 Å². The number of hydrogen-bond donors (Lipinski definition) is 0. The van der Waals surface area contributed by atoms with E-state index in [1.807, 2.05) is 36.4 Å². The van der Waals surface area contributed by atoms with E-state index in [9.17, 15) is 0 Å². The third-order valence-electron chi connectivity index (χ3n) is 4.72. The first-order chi connectivity index (χ1) is 13.7. The minimum Gasteiger partial charge on any atom is -0.122 e. The Kier molecular flexibility index (Phi) is 7.88. The van der Waals surface area contributed by atoms with Crippen LogP contribution in [0.3, 0.4) is 0 Å². The van der Waals surface area contributed by atoms with Gasteiger partial charge in [0, 0.05) is 23.5 Å². The maximum absolute atomic E-state index is 5.87. The zero-order chi connectivity index (χ0) is 19.9. The normalized spacial score (nSPS) is 10.7. The van der Waals surface area contributed by atoms with Gasteiger partial charge in [-0.3, -0.25) is 0 Å². The zero-order valence-electron chi connectivity index (χ0n) is 15.3. The highest BCUT2D eigenvalue weighted by molar-refractivity contribution is 6.19. The van der Waals surface area contributed by atoms with Crippen LogP contribution in [0, 0.1) is 0 Å². The standard InChI is InChI=1S/2C12H10Cl2/c13-7-9-3-1-5-11-10(8-14)4-2-6-12(9)11;13-7-9-4-5-12-10(6-9)2-1-3-11(12)8-14/h2*1-6H,7-8H2. The van der Waals surface area contributed by atoms with E-state index in [2.05, 4.69) is 36.4 Å². The van der Waals surface area contributed by atoms with Crippen molar-refractivity contribution < 1.29 is 0 Å². The summed E-state index contributed by atoms with van der Waals surface area (Å²) in [5, 5.41) is 4.85. The number of halogens is 4. The van der Waals surface area contributed by atoms with Crippen LogP contribution in [0.1, 0.15) is 22.3 Å². The Morgan fingerprint density at radius 3 is 1.46 bits per heavy atom. The van der Waals surface area contributed by atoms with Gasteiger partial charge in [0.2, 0.25) is 0 Å². The topological polar surface area (TPSA) is 0 Å². The monoisotopic (exact) mass is 448 g/mol. The fraction of sp³-hybridized carbons (Fsp3) is 0.167. The predicted molar refractivity (Wildman–Crippen MR) is 126 cm³/mol. The quantitative estimate of drug-likeness (QED) is 0.273. The van der Waals surface area contributed by atoms with Gasteiger partial charge in [-0.25, -0.2) is 0 Å². The second kappa shape index (κ2) is 10.4. The molecule has 28 heavy (non-hydrogen) atoms. The number of fused-ring (bicyclic) bond motifs is 2. The Bertz CT molecular complexity index is 1030. The highest BCUT2D eigenvalue weighted by Gasteiger charge is 2.03. The van der Waals surface area contributed by atoms with Crippen LogP contribution in [-0.2, 0) is 23.5 Å². The molecule has 0 atom stereocenters. The summed E-state index contributed by atoms with van der Waals surface area (Å²) in [5.41, 5.74) is 4.64. The minimum atomic E-state index is 0.545. The third-order valence-corrected chi connectivity index (χ3v) is 5.90. The van der Waals surface area contributed by atoms with E-state index in [-0.39, 0.29) is 0 Å². The molecule has 0 N–H and O–H groups in total. The lowest BCUT2D eigenvalue weighted by molar-refractivity contribution is 1.40. The van der Waals surface area contributed by atoms with E-state index in [4.69, 9.17) is 46.4 Å². The number of hydrogen-bond acceptors (Lipinski definition) is 0. The minimum absolute atomic E-state index is 0.545. The molecule has 0 saturated carbocycles. The van der Waals surface area contributed by atoms with Crippen LogP contribution in [0.5, 0.6) is 0 Å². The molecule has 0 aliphatic carbocycles. The van der Waals surface area contributed by atoms with Crippen molar-refractivity contribution in [2.75, 3.05) is 0 Å². The lowest BCUT2D eigenvalue weighted by Gasteiger charge is -2.06. The Hall–Kier alpha value is -1.44. The zero-order valence-corrected chi connectivity index (χ0v) is 18.3. The molecule has 0 nitrogen and oxygen atoms in total. The van der Waals surface area contributed by atoms with Gasteiger partial charge in [-0.05, 0) is 49.9 Å². The first-order valence-electron chi connectivity index (χ1n) is 8.95. The molecule has 144 valence electrons. The summed E-state index contributed by atoms with van der Waals surface area (Å²) >= 11 is 23.4. The molecule has 0 aromatic heterocycles. The van der Waals surface area contributed by atoms with Crippen molar-refractivity contribution in [1.29, 1.82) is 0 Å². The van der Waals surface area contributed by atoms with Gasteiger partial charge in [-0.2, -0.15) is 0 Å². The molecule has 0 spiro atoms. The molecule has 0 bridgehead atoms. The Morgan fingerprint density at radius 1 is 0.464 bits per heavy atom. The summed E-state index contributed by atoms with van der Waals surface area (Å²) in [5.74, 6) is 2.20. The summed E-state index contributed by atoms with van der Waals surface area (Å²) < 4.78 is 0. The molecule has 0 aliphatic rings. The molecule has 0 fully saturated rings. The molecule has 0 heterocycles. The van der Waals surface area contributed by atoms with Crippen molar-refractivity contribution in [2.24, 2.45) is 0 Å². The van der Waals surface area contributed by atoms with Gasteiger partial charge in [0.25, 0.3) is 0 Å². The molecule has 0 unspecified atom stereocenters.